The molecule has 9 heteroatoms. The first-order chi connectivity index (χ1) is 15.7. The average Bonchev–Trinajstić information content (AvgIpc) is 3.33. The molecular weight excluding hydrogens is 412 g/mol. The van der Waals surface area contributed by atoms with Crippen molar-refractivity contribution in [3.8, 4) is 11.5 Å². The molecule has 0 aliphatic carbocycles. The first kappa shape index (κ1) is 21.4. The predicted octanol–water partition coefficient (Wildman–Crippen LogP) is 3.13. The summed E-state index contributed by atoms with van der Waals surface area (Å²) in [5.41, 5.74) is 2.47. The molecule has 2 aliphatic rings. The smallest absolute Gasteiger partial charge is 0.305 e. The van der Waals surface area contributed by atoms with E-state index >= 15 is 0 Å². The molecule has 0 saturated carbocycles. The lowest BCUT2D eigenvalue weighted by Crippen LogP contribution is -2.38. The molecule has 9 nitrogen and oxygen atoms in total. The average molecular weight is 436 g/mol. The van der Waals surface area contributed by atoms with Gasteiger partial charge in [-0.25, -0.2) is 4.99 Å². The maximum Gasteiger partial charge on any atom is 0.305 e. The first-order valence-electron chi connectivity index (χ1n) is 10.3. The summed E-state index contributed by atoms with van der Waals surface area (Å²) in [5.74, 6) is 1.99. The van der Waals surface area contributed by atoms with Crippen molar-refractivity contribution in [2.45, 2.75) is 12.8 Å². The van der Waals surface area contributed by atoms with Gasteiger partial charge in [0, 0.05) is 24.7 Å². The van der Waals surface area contributed by atoms with Gasteiger partial charge in [0.05, 0.1) is 44.9 Å². The molecule has 2 aliphatic heterocycles. The molecule has 0 bridgehead atoms. The van der Waals surface area contributed by atoms with E-state index < -0.39 is 0 Å². The molecule has 166 valence electrons. The van der Waals surface area contributed by atoms with Gasteiger partial charge in [0.1, 0.15) is 17.4 Å². The van der Waals surface area contributed by atoms with Crippen LogP contribution >= 0.6 is 0 Å². The molecule has 0 fully saturated rings. The third kappa shape index (κ3) is 4.01. The number of aliphatic imine (C=N–C) groups is 2. The van der Waals surface area contributed by atoms with Gasteiger partial charge in [0.25, 0.3) is 0 Å². The van der Waals surface area contributed by atoms with E-state index in [1.807, 2.05) is 35.2 Å². The summed E-state index contributed by atoms with van der Waals surface area (Å²) in [5, 5.41) is 10.0. The molecule has 0 atom stereocenters. The van der Waals surface area contributed by atoms with Crippen molar-refractivity contribution in [3.05, 3.63) is 54.0 Å². The maximum absolute atomic E-state index is 11.3. The number of benzene rings is 1. The van der Waals surface area contributed by atoms with Crippen molar-refractivity contribution in [3.63, 3.8) is 0 Å². The van der Waals surface area contributed by atoms with Crippen LogP contribution in [0.3, 0.4) is 0 Å². The predicted molar refractivity (Wildman–Crippen MR) is 120 cm³/mol. The Balaban J connectivity index is 1.71. The molecule has 0 radical (unpaired) electrons. The fourth-order valence-electron chi connectivity index (χ4n) is 3.67. The summed E-state index contributed by atoms with van der Waals surface area (Å²) < 4.78 is 16.2. The third-order valence-electron chi connectivity index (χ3n) is 5.18. The van der Waals surface area contributed by atoms with Crippen LogP contribution < -0.4 is 9.47 Å². The van der Waals surface area contributed by atoms with Crippen LogP contribution in [-0.4, -0.2) is 66.5 Å². The number of carbonyl (C=O) groups excluding carboxylic acids is 1. The van der Waals surface area contributed by atoms with E-state index in [9.17, 15) is 9.90 Å². The number of aliphatic hydroxyl groups is 1. The number of hydrogen-bond acceptors (Lipinski definition) is 9. The molecule has 1 aromatic heterocycles. The number of hydrogen-bond donors (Lipinski definition) is 1. The van der Waals surface area contributed by atoms with Crippen LogP contribution in [-0.2, 0) is 9.53 Å². The van der Waals surface area contributed by atoms with Crippen molar-refractivity contribution in [1.29, 1.82) is 0 Å². The van der Waals surface area contributed by atoms with Crippen molar-refractivity contribution in [2.24, 2.45) is 9.98 Å². The Labute approximate surface area is 185 Å². The summed E-state index contributed by atoms with van der Waals surface area (Å²) in [6.45, 7) is 1.58. The van der Waals surface area contributed by atoms with Gasteiger partial charge in [-0.2, -0.15) is 0 Å². The molecule has 32 heavy (non-hydrogen) atoms. The van der Waals surface area contributed by atoms with Crippen LogP contribution in [0.2, 0.25) is 0 Å². The highest BCUT2D eigenvalue weighted by molar-refractivity contribution is 6.31. The zero-order valence-corrected chi connectivity index (χ0v) is 17.9. The van der Waals surface area contributed by atoms with Crippen molar-refractivity contribution in [2.75, 3.05) is 33.9 Å². The van der Waals surface area contributed by atoms with Gasteiger partial charge in [0.2, 0.25) is 0 Å². The molecule has 4 rings (SSSR count). The second-order valence-corrected chi connectivity index (χ2v) is 7.07. The van der Waals surface area contributed by atoms with Gasteiger partial charge < -0.3 is 24.2 Å². The lowest BCUT2D eigenvalue weighted by atomic mass is 10.0. The van der Waals surface area contributed by atoms with Gasteiger partial charge in [-0.05, 0) is 30.7 Å². The van der Waals surface area contributed by atoms with E-state index in [1.54, 1.807) is 13.3 Å². The fourth-order valence-corrected chi connectivity index (χ4v) is 3.67. The standard InChI is InChI=1S/C23H24N4O5/c1-30-19(29)7-5-13-32-18-9-8-15-20(21(18)31-2)26-23(27-12-11-25-22(15)27)16(14-28)17-6-3-4-10-24-17/h3-4,6,8-10,14,28H,5,7,11-13H2,1-2H3. The topological polar surface area (TPSA) is 106 Å². The molecule has 0 spiro atoms. The second kappa shape index (κ2) is 9.51. The Kier molecular flexibility index (Phi) is 6.34. The summed E-state index contributed by atoms with van der Waals surface area (Å²) >= 11 is 0. The molecule has 0 unspecified atom stereocenters. The molecule has 0 amide bonds. The number of pyridine rings is 1. The zero-order valence-electron chi connectivity index (χ0n) is 17.9. The molecule has 1 N–H and O–H groups in total. The zero-order chi connectivity index (χ0) is 22.5. The highest BCUT2D eigenvalue weighted by atomic mass is 16.5. The van der Waals surface area contributed by atoms with E-state index in [-0.39, 0.29) is 12.4 Å². The minimum absolute atomic E-state index is 0.270. The minimum atomic E-state index is -0.280. The number of esters is 1. The van der Waals surface area contributed by atoms with Crippen LogP contribution in [0, 0.1) is 0 Å². The normalized spacial score (nSPS) is 14.8. The van der Waals surface area contributed by atoms with Gasteiger partial charge >= 0.3 is 5.97 Å². The van der Waals surface area contributed by atoms with Crippen LogP contribution in [0.5, 0.6) is 11.5 Å². The van der Waals surface area contributed by atoms with Crippen LogP contribution in [0.4, 0.5) is 5.69 Å². The number of aliphatic hydroxyl groups excluding tert-OH is 1. The van der Waals surface area contributed by atoms with Crippen molar-refractivity contribution in [1.82, 2.24) is 9.88 Å². The molecule has 3 heterocycles. The lowest BCUT2D eigenvalue weighted by molar-refractivity contribution is -0.140. The maximum atomic E-state index is 11.3. The van der Waals surface area contributed by atoms with E-state index in [2.05, 4.69) is 14.7 Å². The summed E-state index contributed by atoms with van der Waals surface area (Å²) in [4.78, 5) is 27.1. The number of carbonyl (C=O) groups is 1. The number of ether oxygens (including phenoxy) is 3. The van der Waals surface area contributed by atoms with Gasteiger partial charge in [-0.1, -0.05) is 6.07 Å². The Bertz CT molecular complexity index is 1100. The van der Waals surface area contributed by atoms with E-state index in [0.717, 1.165) is 17.7 Å². The number of aromatic nitrogens is 1. The third-order valence-corrected chi connectivity index (χ3v) is 5.18. The number of methoxy groups -OCH3 is 2. The Hall–Kier alpha value is -3.88. The summed E-state index contributed by atoms with van der Waals surface area (Å²) in [6, 6.07) is 9.19. The van der Waals surface area contributed by atoms with Crippen LogP contribution in [0.25, 0.3) is 5.57 Å². The van der Waals surface area contributed by atoms with E-state index in [4.69, 9.17) is 14.5 Å². The highest BCUT2D eigenvalue weighted by Gasteiger charge is 2.34. The summed E-state index contributed by atoms with van der Waals surface area (Å²) in [6.07, 6.45) is 3.46. The number of fused-ring (bicyclic) bond motifs is 3. The SMILES string of the molecule is COC(=O)CCCOc1ccc2c(c1OC)N=C(C(=CO)c1ccccn1)N1CCN=C21. The van der Waals surface area contributed by atoms with Crippen LogP contribution in [0.1, 0.15) is 24.1 Å². The lowest BCUT2D eigenvalue weighted by Gasteiger charge is -2.29. The molecule has 2 aromatic rings. The molecular formula is C23H24N4O5. The summed E-state index contributed by atoms with van der Waals surface area (Å²) in [7, 11) is 2.91. The van der Waals surface area contributed by atoms with Crippen LogP contribution in [0.15, 0.2) is 52.8 Å². The fraction of sp³-hybridized carbons (Fsp3) is 0.304. The molecule has 0 saturated heterocycles. The number of amidine groups is 2. The Morgan fingerprint density at radius 3 is 2.84 bits per heavy atom. The van der Waals surface area contributed by atoms with Crippen molar-refractivity contribution < 1.29 is 24.1 Å². The molecule has 1 aromatic carbocycles. The highest BCUT2D eigenvalue weighted by Crippen LogP contribution is 2.44. The Morgan fingerprint density at radius 1 is 1.25 bits per heavy atom. The second-order valence-electron chi connectivity index (χ2n) is 7.07. The van der Waals surface area contributed by atoms with Crippen molar-refractivity contribution >= 4 is 28.9 Å². The number of rotatable bonds is 8. The Morgan fingerprint density at radius 2 is 2.12 bits per heavy atom. The van der Waals surface area contributed by atoms with Gasteiger partial charge in [-0.3, -0.25) is 14.8 Å². The largest absolute Gasteiger partial charge is 0.515 e. The van der Waals surface area contributed by atoms with Gasteiger partial charge in [0.15, 0.2) is 11.5 Å². The first-order valence-corrected chi connectivity index (χ1v) is 10.3. The van der Waals surface area contributed by atoms with E-state index in [0.29, 0.717) is 60.4 Å². The quantitative estimate of drug-likeness (QED) is 0.385. The monoisotopic (exact) mass is 436 g/mol. The minimum Gasteiger partial charge on any atom is -0.515 e. The van der Waals surface area contributed by atoms with Gasteiger partial charge in [-0.15, -0.1) is 0 Å². The van der Waals surface area contributed by atoms with E-state index in [1.165, 1.54) is 7.11 Å². The number of nitrogens with zero attached hydrogens (tertiary/aromatic N) is 4.